The molecule has 0 aromatic rings. The van der Waals surface area contributed by atoms with E-state index in [2.05, 4.69) is 12.2 Å². The Labute approximate surface area is 120 Å². The van der Waals surface area contributed by atoms with Gasteiger partial charge in [-0.1, -0.05) is 71.1 Å². The first-order chi connectivity index (χ1) is 9.36. The second-order valence-corrected chi connectivity index (χ2v) is 6.34. The van der Waals surface area contributed by atoms with Gasteiger partial charge in [-0.25, -0.2) is 0 Å². The molecule has 0 bridgehead atoms. The van der Waals surface area contributed by atoms with Gasteiger partial charge in [-0.15, -0.1) is 0 Å². The summed E-state index contributed by atoms with van der Waals surface area (Å²) in [6.45, 7) is 3.09. The molecule has 1 unspecified atom stereocenters. The summed E-state index contributed by atoms with van der Waals surface area (Å²) in [5.41, 5.74) is 5.91. The minimum absolute atomic E-state index is 0.568. The van der Waals surface area contributed by atoms with Crippen molar-refractivity contribution >= 4 is 0 Å². The smallest absolute Gasteiger partial charge is 0.0192 e. The predicted molar refractivity (Wildman–Crippen MR) is 85.5 cm³/mol. The third-order valence-electron chi connectivity index (χ3n) is 4.52. The highest BCUT2D eigenvalue weighted by Gasteiger charge is 2.16. The van der Waals surface area contributed by atoms with Crippen LogP contribution in [0, 0.1) is 0 Å². The molecule has 2 heteroatoms. The van der Waals surface area contributed by atoms with E-state index in [4.69, 9.17) is 5.73 Å². The van der Waals surface area contributed by atoms with Crippen molar-refractivity contribution < 1.29 is 0 Å². The van der Waals surface area contributed by atoms with Crippen molar-refractivity contribution in [2.75, 3.05) is 6.54 Å². The summed E-state index contributed by atoms with van der Waals surface area (Å²) in [6, 6.07) is 1.32. The lowest BCUT2D eigenvalue weighted by Crippen LogP contribution is -2.43. The van der Waals surface area contributed by atoms with Gasteiger partial charge in [0.15, 0.2) is 0 Å². The molecule has 1 aliphatic rings. The lowest BCUT2D eigenvalue weighted by atomic mass is 9.94. The van der Waals surface area contributed by atoms with Gasteiger partial charge in [-0.2, -0.15) is 0 Å². The van der Waals surface area contributed by atoms with Crippen LogP contribution < -0.4 is 11.1 Å². The van der Waals surface area contributed by atoms with Gasteiger partial charge in [0.25, 0.3) is 0 Å². The largest absolute Gasteiger partial charge is 0.329 e. The molecule has 19 heavy (non-hydrogen) atoms. The Morgan fingerprint density at radius 2 is 1.58 bits per heavy atom. The lowest BCUT2D eigenvalue weighted by molar-refractivity contribution is 0.325. The molecule has 1 atom stereocenters. The van der Waals surface area contributed by atoms with Gasteiger partial charge in [0.05, 0.1) is 0 Å². The maximum absolute atomic E-state index is 5.91. The first-order valence-corrected chi connectivity index (χ1v) is 8.83. The number of hydrogen-bond acceptors (Lipinski definition) is 2. The SMILES string of the molecule is CCCCCCCCCC(CN)NC1CCCCC1. The Balaban J connectivity index is 1.98. The van der Waals surface area contributed by atoms with Gasteiger partial charge in [0, 0.05) is 18.6 Å². The molecule has 1 aliphatic carbocycles. The molecule has 0 aromatic carbocycles. The van der Waals surface area contributed by atoms with Crippen LogP contribution >= 0.6 is 0 Å². The predicted octanol–water partition coefficient (Wildman–Crippen LogP) is 4.38. The number of hydrogen-bond donors (Lipinski definition) is 2. The zero-order valence-corrected chi connectivity index (χ0v) is 13.1. The summed E-state index contributed by atoms with van der Waals surface area (Å²) >= 11 is 0. The summed E-state index contributed by atoms with van der Waals surface area (Å²) < 4.78 is 0. The van der Waals surface area contributed by atoms with Gasteiger partial charge in [0.2, 0.25) is 0 Å². The molecule has 0 heterocycles. The maximum Gasteiger partial charge on any atom is 0.0192 e. The summed E-state index contributed by atoms with van der Waals surface area (Å²) in [4.78, 5) is 0. The van der Waals surface area contributed by atoms with Crippen LogP contribution in [0.4, 0.5) is 0 Å². The number of rotatable bonds is 11. The molecule has 0 aliphatic heterocycles. The highest BCUT2D eigenvalue weighted by atomic mass is 15.0. The van der Waals surface area contributed by atoms with E-state index in [0.29, 0.717) is 6.04 Å². The van der Waals surface area contributed by atoms with Crippen LogP contribution in [0.15, 0.2) is 0 Å². The van der Waals surface area contributed by atoms with Crippen LogP contribution in [0.5, 0.6) is 0 Å². The Morgan fingerprint density at radius 1 is 0.947 bits per heavy atom. The first-order valence-electron chi connectivity index (χ1n) is 8.83. The average Bonchev–Trinajstić information content (AvgIpc) is 2.46. The second-order valence-electron chi connectivity index (χ2n) is 6.34. The molecule has 0 spiro atoms. The molecule has 0 aromatic heterocycles. The van der Waals surface area contributed by atoms with Crippen LogP contribution in [0.25, 0.3) is 0 Å². The summed E-state index contributed by atoms with van der Waals surface area (Å²) in [5, 5.41) is 3.79. The van der Waals surface area contributed by atoms with Crippen molar-refractivity contribution in [3.8, 4) is 0 Å². The van der Waals surface area contributed by atoms with E-state index in [1.165, 1.54) is 83.5 Å². The third-order valence-corrected chi connectivity index (χ3v) is 4.52. The van der Waals surface area contributed by atoms with E-state index in [1.807, 2.05) is 0 Å². The summed E-state index contributed by atoms with van der Waals surface area (Å²) in [6.07, 6.45) is 18.0. The molecular weight excluding hydrogens is 232 g/mol. The quantitative estimate of drug-likeness (QED) is 0.546. The van der Waals surface area contributed by atoms with Crippen molar-refractivity contribution in [1.82, 2.24) is 5.32 Å². The van der Waals surface area contributed by atoms with Gasteiger partial charge in [0.1, 0.15) is 0 Å². The standard InChI is InChI=1S/C17H36N2/c1-2-3-4-5-6-7-9-14-17(15-18)19-16-12-10-8-11-13-16/h16-17,19H,2-15,18H2,1H3. The third kappa shape index (κ3) is 8.65. The highest BCUT2D eigenvalue weighted by molar-refractivity contribution is 4.77. The summed E-state index contributed by atoms with van der Waals surface area (Å²) in [7, 11) is 0. The zero-order valence-electron chi connectivity index (χ0n) is 13.1. The fourth-order valence-corrected chi connectivity index (χ4v) is 3.22. The lowest BCUT2D eigenvalue weighted by Gasteiger charge is -2.28. The van der Waals surface area contributed by atoms with E-state index < -0.39 is 0 Å². The van der Waals surface area contributed by atoms with Crippen molar-refractivity contribution in [3.05, 3.63) is 0 Å². The molecule has 2 nitrogen and oxygen atoms in total. The number of nitrogens with two attached hydrogens (primary N) is 1. The van der Waals surface area contributed by atoms with E-state index in [1.54, 1.807) is 0 Å². The Morgan fingerprint density at radius 3 is 2.21 bits per heavy atom. The zero-order chi connectivity index (χ0) is 13.8. The van der Waals surface area contributed by atoms with E-state index >= 15 is 0 Å². The Kier molecular flexibility index (Phi) is 10.5. The molecule has 1 rings (SSSR count). The van der Waals surface area contributed by atoms with Crippen LogP contribution in [-0.2, 0) is 0 Å². The maximum atomic E-state index is 5.91. The molecular formula is C17H36N2. The summed E-state index contributed by atoms with van der Waals surface area (Å²) in [5.74, 6) is 0. The van der Waals surface area contributed by atoms with Crippen molar-refractivity contribution in [2.45, 2.75) is 102 Å². The number of unbranched alkanes of at least 4 members (excludes halogenated alkanes) is 6. The second kappa shape index (κ2) is 11.7. The van der Waals surface area contributed by atoms with Gasteiger partial charge in [-0.05, 0) is 19.3 Å². The van der Waals surface area contributed by atoms with Crippen LogP contribution in [0.1, 0.15) is 90.4 Å². The fraction of sp³-hybridized carbons (Fsp3) is 1.00. The van der Waals surface area contributed by atoms with E-state index in [0.717, 1.165) is 12.6 Å². The molecule has 0 saturated heterocycles. The normalized spacial score (nSPS) is 18.6. The van der Waals surface area contributed by atoms with Crippen molar-refractivity contribution in [1.29, 1.82) is 0 Å². The molecule has 3 N–H and O–H groups in total. The topological polar surface area (TPSA) is 38.0 Å². The minimum Gasteiger partial charge on any atom is -0.329 e. The average molecular weight is 268 g/mol. The van der Waals surface area contributed by atoms with Gasteiger partial charge < -0.3 is 11.1 Å². The van der Waals surface area contributed by atoms with Crippen molar-refractivity contribution in [2.24, 2.45) is 5.73 Å². The van der Waals surface area contributed by atoms with Crippen LogP contribution in [-0.4, -0.2) is 18.6 Å². The molecule has 114 valence electrons. The molecule has 0 radical (unpaired) electrons. The molecule has 0 amide bonds. The van der Waals surface area contributed by atoms with Crippen LogP contribution in [0.2, 0.25) is 0 Å². The first kappa shape index (κ1) is 17.0. The number of nitrogens with one attached hydrogen (secondary N) is 1. The van der Waals surface area contributed by atoms with Crippen molar-refractivity contribution in [3.63, 3.8) is 0 Å². The van der Waals surface area contributed by atoms with E-state index in [-0.39, 0.29) is 0 Å². The van der Waals surface area contributed by atoms with E-state index in [9.17, 15) is 0 Å². The highest BCUT2D eigenvalue weighted by Crippen LogP contribution is 2.18. The molecule has 1 saturated carbocycles. The van der Waals surface area contributed by atoms with Crippen LogP contribution in [0.3, 0.4) is 0 Å². The minimum atomic E-state index is 0.568. The Bertz CT molecular complexity index is 188. The van der Waals surface area contributed by atoms with Gasteiger partial charge >= 0.3 is 0 Å². The van der Waals surface area contributed by atoms with Gasteiger partial charge in [-0.3, -0.25) is 0 Å². The fourth-order valence-electron chi connectivity index (χ4n) is 3.22. The molecule has 1 fully saturated rings. The Hall–Kier alpha value is -0.0800. The monoisotopic (exact) mass is 268 g/mol.